The molecule has 0 aromatic rings. The summed E-state index contributed by atoms with van der Waals surface area (Å²) in [5.74, 6) is 0. The van der Waals surface area contributed by atoms with Crippen molar-refractivity contribution >= 4 is 26.2 Å². The molecule has 0 N–H and O–H groups in total. The van der Waals surface area contributed by atoms with Crippen LogP contribution in [0.1, 0.15) is 0 Å². The number of hydrogen-bond donors (Lipinski definition) is 0. The zero-order valence-electron chi connectivity index (χ0n) is 3.81. The predicted molar refractivity (Wildman–Crippen MR) is 36.8 cm³/mol. The van der Waals surface area contributed by atoms with Crippen LogP contribution in [0.3, 0.4) is 0 Å². The Hall–Kier alpha value is 0.870. The molecule has 6 heavy (non-hydrogen) atoms. The molecule has 0 rings (SSSR count). The third kappa shape index (κ3) is 8.85. The minimum absolute atomic E-state index is 0. The topological polar surface area (TPSA) is 9.23 Å². The predicted octanol–water partition coefficient (Wildman–Crippen LogP) is 1.09. The quantitative estimate of drug-likeness (QED) is 0.567. The Kier molecular flexibility index (Phi) is 15.5. The van der Waals surface area contributed by atoms with Gasteiger partial charge in [0.15, 0.2) is 0 Å². The Labute approximate surface area is 51.4 Å². The first-order valence-corrected chi connectivity index (χ1v) is 2.42. The van der Waals surface area contributed by atoms with Crippen LogP contribution >= 0.6 is 26.2 Å². The molecule has 1 atom stereocenters. The van der Waals surface area contributed by atoms with Crippen LogP contribution in [0.4, 0.5) is 0 Å². The number of methoxy groups -OCH3 is 1. The molecule has 0 aromatic heterocycles. The van der Waals surface area contributed by atoms with E-state index in [4.69, 9.17) is 0 Å². The normalized spacial score (nSPS) is 7.00. The van der Waals surface area contributed by atoms with Gasteiger partial charge in [-0.1, -0.05) is 0 Å². The fraction of sp³-hybridized carbons (Fsp3) is 1.00. The fourth-order valence-electron chi connectivity index (χ4n) is 0.118. The van der Waals surface area contributed by atoms with Gasteiger partial charge in [-0.3, -0.25) is 0 Å². The molecule has 0 fully saturated rings. The largest absolute Gasteiger partial charge is 0.384 e. The van der Waals surface area contributed by atoms with E-state index in [1.54, 1.807) is 7.11 Å². The highest BCUT2D eigenvalue weighted by Gasteiger charge is 1.66. The van der Waals surface area contributed by atoms with Gasteiger partial charge in [0, 0.05) is 13.7 Å². The van der Waals surface area contributed by atoms with Crippen LogP contribution in [0.5, 0.6) is 0 Å². The molecule has 0 bridgehead atoms. The van der Waals surface area contributed by atoms with Crippen molar-refractivity contribution in [1.29, 1.82) is 0 Å². The molecule has 0 amide bonds. The van der Waals surface area contributed by atoms with E-state index < -0.39 is 0 Å². The molecule has 0 aromatic carbocycles. The van der Waals surface area contributed by atoms with E-state index in [2.05, 4.69) is 14.0 Å². The van der Waals surface area contributed by atoms with Gasteiger partial charge in [0.25, 0.3) is 0 Å². The lowest BCUT2D eigenvalue weighted by atomic mass is 10.9. The second-order valence-corrected chi connectivity index (χ2v) is 1.36. The summed E-state index contributed by atoms with van der Waals surface area (Å²) in [5.41, 5.74) is 0. The Balaban J connectivity index is 0. The summed E-state index contributed by atoms with van der Waals surface area (Å²) in [5, 5.41) is 0. The van der Waals surface area contributed by atoms with Crippen LogP contribution in [0.15, 0.2) is 0 Å². The summed E-state index contributed by atoms with van der Waals surface area (Å²) >= 11 is 0. The van der Waals surface area contributed by atoms with Gasteiger partial charge < -0.3 is 4.74 Å². The highest BCUT2D eigenvalue weighted by Crippen LogP contribution is 1.76. The van der Waals surface area contributed by atoms with E-state index in [0.717, 1.165) is 12.8 Å². The molecule has 0 aliphatic rings. The molecular weight excluding hydrogens is 163 g/mol. The Morgan fingerprint density at radius 1 is 1.67 bits per heavy atom. The van der Waals surface area contributed by atoms with E-state index in [9.17, 15) is 0 Å². The van der Waals surface area contributed by atoms with Crippen molar-refractivity contribution in [2.75, 3.05) is 19.9 Å². The summed E-state index contributed by atoms with van der Waals surface area (Å²) in [6, 6.07) is 0. The van der Waals surface area contributed by atoms with Crippen molar-refractivity contribution in [2.45, 2.75) is 0 Å². The number of ether oxygens (including phenoxy) is 1. The molecule has 0 saturated heterocycles. The summed E-state index contributed by atoms with van der Waals surface area (Å²) < 4.78 is 4.67. The van der Waals surface area contributed by atoms with E-state index >= 15 is 0 Å². The van der Waals surface area contributed by atoms with Crippen molar-refractivity contribution in [2.24, 2.45) is 0 Å². The molecule has 0 aliphatic carbocycles. The average molecular weight is 173 g/mol. The maximum Gasteiger partial charge on any atom is 0.0496 e. The second-order valence-electron chi connectivity index (χ2n) is 0.781. The van der Waals surface area contributed by atoms with Gasteiger partial charge in [-0.15, -0.1) is 26.2 Å². The molecule has 0 aliphatic heterocycles. The highest BCUT2D eigenvalue weighted by molar-refractivity contribution is 8.93. The SMILES string of the molecule is Br.COCCP. The van der Waals surface area contributed by atoms with Crippen molar-refractivity contribution < 1.29 is 4.74 Å². The standard InChI is InChI=1S/C3H9OP.BrH/c1-4-2-3-5;/h2-3,5H2,1H3;1H. The van der Waals surface area contributed by atoms with Crippen LogP contribution in [0.2, 0.25) is 0 Å². The van der Waals surface area contributed by atoms with Gasteiger partial charge in [-0.25, -0.2) is 0 Å². The van der Waals surface area contributed by atoms with Gasteiger partial charge in [0.1, 0.15) is 0 Å². The van der Waals surface area contributed by atoms with Gasteiger partial charge in [-0.05, 0) is 6.16 Å². The fourth-order valence-corrected chi connectivity index (χ4v) is 0.354. The van der Waals surface area contributed by atoms with Crippen LogP contribution in [0, 0.1) is 0 Å². The molecule has 0 spiro atoms. The third-order valence-electron chi connectivity index (χ3n) is 0.322. The molecule has 40 valence electrons. The minimum atomic E-state index is 0. The Bertz CT molecular complexity index is 18.3. The van der Waals surface area contributed by atoms with E-state index in [0.29, 0.717) is 0 Å². The van der Waals surface area contributed by atoms with Gasteiger partial charge >= 0.3 is 0 Å². The van der Waals surface area contributed by atoms with Crippen LogP contribution in [-0.2, 0) is 4.74 Å². The maximum atomic E-state index is 4.67. The summed E-state index contributed by atoms with van der Waals surface area (Å²) in [6.07, 6.45) is 1.04. The summed E-state index contributed by atoms with van der Waals surface area (Å²) in [4.78, 5) is 0. The Morgan fingerprint density at radius 3 is 2.17 bits per heavy atom. The van der Waals surface area contributed by atoms with E-state index in [1.165, 1.54) is 0 Å². The van der Waals surface area contributed by atoms with Crippen LogP contribution in [-0.4, -0.2) is 19.9 Å². The lowest BCUT2D eigenvalue weighted by molar-refractivity contribution is 0.218. The molecule has 1 nitrogen and oxygen atoms in total. The minimum Gasteiger partial charge on any atom is -0.384 e. The van der Waals surface area contributed by atoms with Gasteiger partial charge in [-0.2, -0.15) is 0 Å². The van der Waals surface area contributed by atoms with Crippen molar-refractivity contribution in [3.05, 3.63) is 0 Å². The van der Waals surface area contributed by atoms with Crippen molar-refractivity contribution in [3.63, 3.8) is 0 Å². The molecule has 0 radical (unpaired) electrons. The lowest BCUT2D eigenvalue weighted by Gasteiger charge is -1.84. The first-order valence-electron chi connectivity index (χ1n) is 1.61. The number of rotatable bonds is 2. The van der Waals surface area contributed by atoms with Crippen LogP contribution in [0.25, 0.3) is 0 Å². The molecule has 0 saturated carbocycles. The molecule has 1 unspecified atom stereocenters. The second kappa shape index (κ2) is 9.30. The molecule has 0 heterocycles. The average Bonchev–Trinajstić information content (AvgIpc) is 1.41. The Morgan fingerprint density at radius 2 is 2.17 bits per heavy atom. The van der Waals surface area contributed by atoms with E-state index in [1.807, 2.05) is 0 Å². The monoisotopic (exact) mass is 172 g/mol. The smallest absolute Gasteiger partial charge is 0.0496 e. The zero-order chi connectivity index (χ0) is 4.12. The van der Waals surface area contributed by atoms with Crippen LogP contribution < -0.4 is 0 Å². The number of hydrogen-bond acceptors (Lipinski definition) is 1. The summed E-state index contributed by atoms with van der Waals surface area (Å²) in [7, 11) is 4.27. The lowest BCUT2D eigenvalue weighted by Crippen LogP contribution is -1.84. The molecule has 3 heteroatoms. The first-order chi connectivity index (χ1) is 2.41. The van der Waals surface area contributed by atoms with E-state index in [-0.39, 0.29) is 17.0 Å². The van der Waals surface area contributed by atoms with Crippen molar-refractivity contribution in [3.8, 4) is 0 Å². The first kappa shape index (κ1) is 9.98. The maximum absolute atomic E-state index is 4.67. The zero-order valence-corrected chi connectivity index (χ0v) is 6.68. The highest BCUT2D eigenvalue weighted by atomic mass is 79.9. The van der Waals surface area contributed by atoms with Gasteiger partial charge in [0.05, 0.1) is 0 Å². The van der Waals surface area contributed by atoms with Gasteiger partial charge in [0.2, 0.25) is 0 Å². The molecular formula is C3H10BrOP. The van der Waals surface area contributed by atoms with Crippen molar-refractivity contribution in [1.82, 2.24) is 0 Å². The summed E-state index contributed by atoms with van der Waals surface area (Å²) in [6.45, 7) is 0.852. The third-order valence-corrected chi connectivity index (χ3v) is 0.558. The number of halogens is 1.